The number of nitrogens with one attached hydrogen (secondary N) is 2. The average molecular weight is 458 g/mol. The number of benzene rings is 3. The fourth-order valence-corrected chi connectivity index (χ4v) is 3.37. The number of anilines is 3. The number of halogens is 1. The highest BCUT2D eigenvalue weighted by Crippen LogP contribution is 2.24. The van der Waals surface area contributed by atoms with Gasteiger partial charge in [0.05, 0.1) is 30.3 Å². The first-order valence-electron chi connectivity index (χ1n) is 10.6. The van der Waals surface area contributed by atoms with Gasteiger partial charge in [-0.25, -0.2) is 15.2 Å². The molecule has 3 aromatic carbocycles. The van der Waals surface area contributed by atoms with E-state index in [0.717, 1.165) is 5.56 Å². The van der Waals surface area contributed by atoms with E-state index in [1.807, 2.05) is 30.3 Å². The van der Waals surface area contributed by atoms with E-state index in [9.17, 15) is 9.18 Å². The lowest BCUT2D eigenvalue weighted by atomic mass is 10.1. The van der Waals surface area contributed by atoms with Crippen LogP contribution in [0.4, 0.5) is 21.6 Å². The van der Waals surface area contributed by atoms with Crippen LogP contribution in [0.15, 0.2) is 84.9 Å². The third-order valence-corrected chi connectivity index (χ3v) is 5.15. The summed E-state index contributed by atoms with van der Waals surface area (Å²) in [6, 6.07) is 24.6. The number of hydrogen-bond acceptors (Lipinski definition) is 6. The summed E-state index contributed by atoms with van der Waals surface area (Å²) < 4.78 is 20.3. The second-order valence-corrected chi connectivity index (χ2v) is 7.61. The molecule has 172 valence electrons. The van der Waals surface area contributed by atoms with Crippen molar-refractivity contribution in [2.45, 2.75) is 13.2 Å². The van der Waals surface area contributed by atoms with Crippen LogP contribution in [0.3, 0.4) is 0 Å². The van der Waals surface area contributed by atoms with E-state index in [1.54, 1.807) is 42.5 Å². The van der Waals surface area contributed by atoms with Crippen molar-refractivity contribution in [2.75, 3.05) is 16.5 Å². The lowest BCUT2D eigenvalue weighted by Gasteiger charge is -2.11. The Morgan fingerprint density at radius 3 is 2.47 bits per heavy atom. The van der Waals surface area contributed by atoms with Gasteiger partial charge in [0.1, 0.15) is 5.82 Å². The lowest BCUT2D eigenvalue weighted by molar-refractivity contribution is 0.102. The first-order valence-corrected chi connectivity index (χ1v) is 10.6. The number of amides is 1. The van der Waals surface area contributed by atoms with Crippen molar-refractivity contribution in [2.24, 2.45) is 5.84 Å². The fourth-order valence-electron chi connectivity index (χ4n) is 3.37. The fraction of sp³-hybridized carbons (Fsp3) is 0.0769. The average Bonchev–Trinajstić information content (AvgIpc) is 2.86. The Morgan fingerprint density at radius 2 is 1.71 bits per heavy atom. The highest BCUT2D eigenvalue weighted by Gasteiger charge is 2.12. The van der Waals surface area contributed by atoms with Crippen molar-refractivity contribution in [1.29, 1.82) is 0 Å². The minimum Gasteiger partial charge on any atom is -0.396 e. The molecule has 1 heterocycles. The number of carbonyl (C=O) groups excluding carboxylic acids is 1. The summed E-state index contributed by atoms with van der Waals surface area (Å²) in [5, 5.41) is 2.62. The number of rotatable bonds is 8. The molecule has 4 aromatic rings. The summed E-state index contributed by atoms with van der Waals surface area (Å²) >= 11 is 0. The van der Waals surface area contributed by atoms with Gasteiger partial charge in [0.15, 0.2) is 5.82 Å². The summed E-state index contributed by atoms with van der Waals surface area (Å²) in [5.74, 6) is 4.79. The number of nitrogens with two attached hydrogens (primary N) is 2. The van der Waals surface area contributed by atoms with Crippen molar-refractivity contribution in [3.05, 3.63) is 107 Å². The number of nitrogen functional groups attached to an aromatic ring is 2. The summed E-state index contributed by atoms with van der Waals surface area (Å²) in [5.41, 5.74) is 12.1. The van der Waals surface area contributed by atoms with Crippen LogP contribution in [0.2, 0.25) is 0 Å². The Bertz CT molecular complexity index is 1300. The van der Waals surface area contributed by atoms with E-state index < -0.39 is 11.7 Å². The molecule has 0 unspecified atom stereocenters. The van der Waals surface area contributed by atoms with Gasteiger partial charge in [0.25, 0.3) is 5.91 Å². The minimum atomic E-state index is -0.538. The lowest BCUT2D eigenvalue weighted by Crippen LogP contribution is -2.13. The number of nitrogens with zero attached hydrogens (tertiary/aromatic N) is 1. The van der Waals surface area contributed by atoms with Gasteiger partial charge >= 0.3 is 0 Å². The zero-order chi connectivity index (χ0) is 23.9. The summed E-state index contributed by atoms with van der Waals surface area (Å²) in [7, 11) is 0. The zero-order valence-electron chi connectivity index (χ0n) is 18.3. The molecule has 0 spiro atoms. The number of pyridine rings is 1. The monoisotopic (exact) mass is 457 g/mol. The SMILES string of the molecule is NNc1nc(-c2cccc(C(=O)Nc3ccc(COCc4ccccc4)cc3F)c2)ccc1N. The molecular weight excluding hydrogens is 433 g/mol. The number of ether oxygens (including phenoxy) is 1. The van der Waals surface area contributed by atoms with Gasteiger partial charge in [0.2, 0.25) is 0 Å². The number of hydrazine groups is 1. The Kier molecular flexibility index (Phi) is 7.12. The van der Waals surface area contributed by atoms with Gasteiger partial charge in [-0.2, -0.15) is 0 Å². The Labute approximate surface area is 196 Å². The van der Waals surface area contributed by atoms with Crippen molar-refractivity contribution >= 4 is 23.1 Å². The second kappa shape index (κ2) is 10.6. The molecular formula is C26H24FN5O2. The molecule has 6 N–H and O–H groups in total. The molecule has 4 rings (SSSR count). The van der Waals surface area contributed by atoms with Gasteiger partial charge in [-0.3, -0.25) is 4.79 Å². The molecule has 0 fully saturated rings. The molecule has 0 saturated heterocycles. The third-order valence-electron chi connectivity index (χ3n) is 5.15. The zero-order valence-corrected chi connectivity index (χ0v) is 18.3. The van der Waals surface area contributed by atoms with Crippen molar-refractivity contribution in [3.63, 3.8) is 0 Å². The predicted octanol–water partition coefficient (Wildman–Crippen LogP) is 4.72. The molecule has 0 aliphatic carbocycles. The van der Waals surface area contributed by atoms with E-state index in [-0.39, 0.29) is 12.3 Å². The predicted molar refractivity (Wildman–Crippen MR) is 131 cm³/mol. The summed E-state index contributed by atoms with van der Waals surface area (Å²) in [4.78, 5) is 17.1. The Hall–Kier alpha value is -4.27. The van der Waals surface area contributed by atoms with E-state index in [4.69, 9.17) is 16.3 Å². The maximum absolute atomic E-state index is 14.6. The van der Waals surface area contributed by atoms with Gasteiger partial charge in [-0.1, -0.05) is 48.5 Å². The van der Waals surface area contributed by atoms with Gasteiger partial charge in [0, 0.05) is 11.1 Å². The van der Waals surface area contributed by atoms with Crippen LogP contribution in [-0.4, -0.2) is 10.9 Å². The summed E-state index contributed by atoms with van der Waals surface area (Å²) in [6.45, 7) is 0.694. The minimum absolute atomic E-state index is 0.0856. The summed E-state index contributed by atoms with van der Waals surface area (Å²) in [6.07, 6.45) is 0. The van der Waals surface area contributed by atoms with Gasteiger partial charge < -0.3 is 21.2 Å². The maximum atomic E-state index is 14.6. The molecule has 0 radical (unpaired) electrons. The topological polar surface area (TPSA) is 115 Å². The molecule has 0 aliphatic heterocycles. The molecule has 7 nitrogen and oxygen atoms in total. The first-order chi connectivity index (χ1) is 16.5. The van der Waals surface area contributed by atoms with Crippen molar-refractivity contribution in [1.82, 2.24) is 4.98 Å². The number of aromatic nitrogens is 1. The van der Waals surface area contributed by atoms with Crippen LogP contribution < -0.4 is 22.3 Å². The van der Waals surface area contributed by atoms with Crippen LogP contribution in [0.5, 0.6) is 0 Å². The molecule has 8 heteroatoms. The molecule has 1 amide bonds. The van der Waals surface area contributed by atoms with E-state index in [2.05, 4.69) is 15.7 Å². The van der Waals surface area contributed by atoms with Crippen LogP contribution in [0.1, 0.15) is 21.5 Å². The standard InChI is InChI=1S/C26H24FN5O2/c27-21-13-18(16-34-15-17-5-2-1-3-6-17)9-11-24(21)31-26(33)20-8-4-7-19(14-20)23-12-10-22(28)25(30-23)32-29/h1-14H,15-16,28-29H2,(H,30,32)(H,31,33). The van der Waals surface area contributed by atoms with E-state index in [0.29, 0.717) is 40.5 Å². The van der Waals surface area contributed by atoms with Crippen LogP contribution in [-0.2, 0) is 18.0 Å². The normalized spacial score (nSPS) is 10.6. The van der Waals surface area contributed by atoms with E-state index >= 15 is 0 Å². The molecule has 1 aromatic heterocycles. The molecule has 0 bridgehead atoms. The highest BCUT2D eigenvalue weighted by molar-refractivity contribution is 6.05. The smallest absolute Gasteiger partial charge is 0.255 e. The molecule has 0 atom stereocenters. The Morgan fingerprint density at radius 1 is 0.912 bits per heavy atom. The molecule has 0 aliphatic rings. The number of carbonyl (C=O) groups is 1. The van der Waals surface area contributed by atoms with Gasteiger partial charge in [-0.15, -0.1) is 0 Å². The third kappa shape index (κ3) is 5.55. The maximum Gasteiger partial charge on any atom is 0.255 e. The molecule has 0 saturated carbocycles. The number of hydrogen-bond donors (Lipinski definition) is 4. The van der Waals surface area contributed by atoms with Gasteiger partial charge in [-0.05, 0) is 47.5 Å². The van der Waals surface area contributed by atoms with E-state index in [1.165, 1.54) is 12.1 Å². The van der Waals surface area contributed by atoms with Crippen molar-refractivity contribution in [3.8, 4) is 11.3 Å². The highest BCUT2D eigenvalue weighted by atomic mass is 19.1. The second-order valence-electron chi connectivity index (χ2n) is 7.61. The van der Waals surface area contributed by atoms with Crippen LogP contribution in [0, 0.1) is 5.82 Å². The van der Waals surface area contributed by atoms with Crippen LogP contribution >= 0.6 is 0 Å². The Balaban J connectivity index is 1.42. The largest absolute Gasteiger partial charge is 0.396 e. The molecule has 34 heavy (non-hydrogen) atoms. The van der Waals surface area contributed by atoms with Crippen LogP contribution in [0.25, 0.3) is 11.3 Å². The quantitative estimate of drug-likeness (QED) is 0.225. The van der Waals surface area contributed by atoms with Crippen molar-refractivity contribution < 1.29 is 13.9 Å². The first kappa shape index (κ1) is 22.9.